The van der Waals surface area contributed by atoms with E-state index in [9.17, 15) is 21.7 Å². The molecule has 1 aromatic rings. The first-order valence-corrected chi connectivity index (χ1v) is 3.34. The lowest BCUT2D eigenvalue weighted by Crippen LogP contribution is -2.34. The Morgan fingerprint density at radius 1 is 1.15 bits per heavy atom. The molecular weight excluding hydrogens is 192 g/mol. The van der Waals surface area contributed by atoms with Gasteiger partial charge in [0.25, 0.3) is 6.43 Å². The predicted molar refractivity (Wildman–Crippen MR) is 37.9 cm³/mol. The second-order valence-electron chi connectivity index (χ2n) is 2.43. The van der Waals surface area contributed by atoms with Crippen molar-refractivity contribution in [3.05, 3.63) is 24.0 Å². The highest BCUT2D eigenvalue weighted by atomic mass is 19.4. The first-order chi connectivity index (χ1) is 5.91. The maximum absolute atomic E-state index is 12.0. The van der Waals surface area contributed by atoms with Crippen LogP contribution in [0.15, 0.2) is 18.5 Å². The Kier molecular flexibility index (Phi) is 2.54. The molecule has 1 heterocycles. The molecule has 0 aliphatic carbocycles. The molecule has 0 aliphatic heterocycles. The van der Waals surface area contributed by atoms with Gasteiger partial charge in [-0.1, -0.05) is 11.5 Å². The average molecular weight is 196 g/mol. The van der Waals surface area contributed by atoms with E-state index in [2.05, 4.69) is 4.98 Å². The van der Waals surface area contributed by atoms with E-state index < -0.39 is 24.4 Å². The topological polar surface area (TPSA) is 12.9 Å². The Labute approximate surface area is 70.6 Å². The predicted octanol–water partition coefficient (Wildman–Crippen LogP) is 2.07. The van der Waals surface area contributed by atoms with Crippen LogP contribution in [0.1, 0.15) is 12.0 Å². The van der Waals surface area contributed by atoms with E-state index in [0.717, 1.165) is 6.20 Å². The van der Waals surface area contributed by atoms with Gasteiger partial charge in [-0.3, -0.25) is 4.98 Å². The minimum absolute atomic E-state index is 0.414. The molecule has 0 atom stereocenters. The van der Waals surface area contributed by atoms with Gasteiger partial charge in [-0.2, -0.15) is 0 Å². The van der Waals surface area contributed by atoms with Gasteiger partial charge in [0.05, 0.1) is 0 Å². The van der Waals surface area contributed by atoms with E-state index in [1.807, 2.05) is 0 Å². The summed E-state index contributed by atoms with van der Waals surface area (Å²) in [5, 5.41) is 0. The van der Waals surface area contributed by atoms with Gasteiger partial charge in [-0.15, -0.1) is 0 Å². The number of alkyl halides is 2. The summed E-state index contributed by atoms with van der Waals surface area (Å²) < 4.78 is 59.9. The van der Waals surface area contributed by atoms with Crippen LogP contribution in [0, 0.1) is 0 Å². The Balaban J connectivity index is 3.06. The van der Waals surface area contributed by atoms with E-state index in [-0.39, 0.29) is 0 Å². The number of nitrogens with zero attached hydrogens (tertiary/aromatic N) is 1. The van der Waals surface area contributed by atoms with Gasteiger partial charge in [-0.05, 0) is 6.20 Å². The summed E-state index contributed by atoms with van der Waals surface area (Å²) >= 11 is 0. The number of pyridine rings is 1. The third-order valence-electron chi connectivity index (χ3n) is 1.41. The van der Waals surface area contributed by atoms with Gasteiger partial charge in [0.1, 0.15) is 0 Å². The summed E-state index contributed by atoms with van der Waals surface area (Å²) in [5.74, 6) is 0. The number of hydrogen-bond acceptors (Lipinski definition) is 1. The van der Waals surface area contributed by atoms with E-state index in [0.29, 0.717) is 12.3 Å². The van der Waals surface area contributed by atoms with Crippen molar-refractivity contribution in [1.82, 2.24) is 4.98 Å². The SMILES string of the molecule is FC(F)c1cncc([B-](F)(F)F)c1. The van der Waals surface area contributed by atoms with E-state index in [4.69, 9.17) is 0 Å². The number of aromatic nitrogens is 1. The van der Waals surface area contributed by atoms with E-state index >= 15 is 0 Å². The van der Waals surface area contributed by atoms with E-state index in [1.165, 1.54) is 0 Å². The fraction of sp³-hybridized carbons (Fsp3) is 0.167. The van der Waals surface area contributed by atoms with Crippen molar-refractivity contribution in [2.75, 3.05) is 0 Å². The van der Waals surface area contributed by atoms with Gasteiger partial charge < -0.3 is 12.9 Å². The maximum Gasteiger partial charge on any atom is 0.511 e. The summed E-state index contributed by atoms with van der Waals surface area (Å²) in [6.45, 7) is -5.25. The summed E-state index contributed by atoms with van der Waals surface area (Å²) in [7, 11) is 0. The molecule has 0 radical (unpaired) electrons. The molecule has 13 heavy (non-hydrogen) atoms. The van der Waals surface area contributed by atoms with E-state index in [1.54, 1.807) is 0 Å². The Bertz CT molecular complexity index is 297. The summed E-state index contributed by atoms with van der Waals surface area (Å²) in [4.78, 5) is 3.09. The smallest absolute Gasteiger partial charge is 0.445 e. The molecule has 0 bridgehead atoms. The molecule has 0 amide bonds. The largest absolute Gasteiger partial charge is 0.511 e. The lowest BCUT2D eigenvalue weighted by molar-refractivity contribution is 0.151. The normalized spacial score (nSPS) is 12.2. The molecule has 0 saturated heterocycles. The van der Waals surface area contributed by atoms with Crippen LogP contribution in [0.2, 0.25) is 0 Å². The Hall–Kier alpha value is -1.14. The molecule has 1 rings (SSSR count). The van der Waals surface area contributed by atoms with Crippen LogP contribution in [-0.2, 0) is 0 Å². The van der Waals surface area contributed by atoms with Crippen molar-refractivity contribution < 1.29 is 21.7 Å². The molecule has 0 spiro atoms. The van der Waals surface area contributed by atoms with Gasteiger partial charge >= 0.3 is 6.98 Å². The molecule has 1 aromatic heterocycles. The molecule has 0 aliphatic rings. The van der Waals surface area contributed by atoms with Crippen LogP contribution in [-0.4, -0.2) is 12.0 Å². The minimum Gasteiger partial charge on any atom is -0.445 e. The molecule has 1 nitrogen and oxygen atoms in total. The maximum atomic E-state index is 12.0. The minimum atomic E-state index is -5.25. The van der Waals surface area contributed by atoms with Crippen LogP contribution in [0.5, 0.6) is 0 Å². The number of hydrogen-bond donors (Lipinski definition) is 0. The average Bonchev–Trinajstić information content (AvgIpc) is 2.03. The zero-order chi connectivity index (χ0) is 10.1. The fourth-order valence-electron chi connectivity index (χ4n) is 0.775. The van der Waals surface area contributed by atoms with Gasteiger partial charge in [0.15, 0.2) is 0 Å². The highest BCUT2D eigenvalue weighted by Gasteiger charge is 2.26. The van der Waals surface area contributed by atoms with Crippen LogP contribution in [0.25, 0.3) is 0 Å². The van der Waals surface area contributed by atoms with Crippen molar-refractivity contribution >= 4 is 12.4 Å². The van der Waals surface area contributed by atoms with Crippen molar-refractivity contribution in [2.45, 2.75) is 6.43 Å². The molecule has 7 heteroatoms. The monoisotopic (exact) mass is 196 g/mol. The molecule has 0 unspecified atom stereocenters. The highest BCUT2D eigenvalue weighted by Crippen LogP contribution is 2.17. The zero-order valence-corrected chi connectivity index (χ0v) is 6.22. The third kappa shape index (κ3) is 2.40. The molecule has 0 aromatic carbocycles. The van der Waals surface area contributed by atoms with Crippen molar-refractivity contribution in [2.24, 2.45) is 0 Å². The molecule has 72 valence electrons. The summed E-state index contributed by atoms with van der Waals surface area (Å²) in [6, 6.07) is 0.414. The summed E-state index contributed by atoms with van der Waals surface area (Å²) in [5.41, 5.74) is -1.81. The second-order valence-corrected chi connectivity index (χ2v) is 2.43. The quantitative estimate of drug-likeness (QED) is 0.521. The van der Waals surface area contributed by atoms with Crippen molar-refractivity contribution in [3.8, 4) is 0 Å². The van der Waals surface area contributed by atoms with Gasteiger partial charge in [0.2, 0.25) is 0 Å². The Morgan fingerprint density at radius 3 is 2.23 bits per heavy atom. The fourth-order valence-corrected chi connectivity index (χ4v) is 0.775. The van der Waals surface area contributed by atoms with Gasteiger partial charge in [0, 0.05) is 11.8 Å². The first kappa shape index (κ1) is 9.95. The van der Waals surface area contributed by atoms with Crippen LogP contribution >= 0.6 is 0 Å². The van der Waals surface area contributed by atoms with Crippen molar-refractivity contribution in [1.29, 1.82) is 0 Å². The van der Waals surface area contributed by atoms with Crippen LogP contribution in [0.4, 0.5) is 21.7 Å². The molecular formula is C6H4BF5N-. The number of rotatable bonds is 2. The van der Waals surface area contributed by atoms with Crippen LogP contribution < -0.4 is 5.46 Å². The standard InChI is InChI=1S/C6H4BF5N/c8-6(9)4-1-5(3-13-2-4)7(10,11)12/h1-3,6H/q-1. The third-order valence-corrected chi connectivity index (χ3v) is 1.41. The van der Waals surface area contributed by atoms with Crippen molar-refractivity contribution in [3.63, 3.8) is 0 Å². The second kappa shape index (κ2) is 3.31. The Morgan fingerprint density at radius 2 is 1.77 bits per heavy atom. The highest BCUT2D eigenvalue weighted by molar-refractivity contribution is 6.73. The molecule has 0 saturated carbocycles. The lowest BCUT2D eigenvalue weighted by Gasteiger charge is -2.14. The lowest BCUT2D eigenvalue weighted by atomic mass is 9.81. The number of halogens is 5. The zero-order valence-electron chi connectivity index (χ0n) is 6.22. The van der Waals surface area contributed by atoms with Crippen LogP contribution in [0.3, 0.4) is 0 Å². The van der Waals surface area contributed by atoms with Gasteiger partial charge in [-0.25, -0.2) is 8.78 Å². The molecule has 0 N–H and O–H groups in total. The summed E-state index contributed by atoms with van der Waals surface area (Å²) in [6.07, 6.45) is -1.67. The first-order valence-electron chi connectivity index (χ1n) is 3.34. The molecule has 0 fully saturated rings.